The number of carboxylic acid groups (broad SMARTS) is 2. The van der Waals surface area contributed by atoms with E-state index in [2.05, 4.69) is 0 Å². The third-order valence-corrected chi connectivity index (χ3v) is 1.46. The minimum absolute atomic E-state index is 0. The van der Waals surface area contributed by atoms with Crippen LogP contribution in [0.4, 0.5) is 0 Å². The minimum atomic E-state index is -1.13. The molecule has 89 valence electrons. The van der Waals surface area contributed by atoms with Crippen molar-refractivity contribution < 1.29 is 30.0 Å². The van der Waals surface area contributed by atoms with Crippen LogP contribution >= 0.6 is 0 Å². The standard InChI is InChI=1S/C8H6O4.C2H6O2.Na/c9-7(10)5-2-1-3-6(4-5)8(11)12;3-1-2-4;/h1-4H,(H,9,10)(H,11,12);3-4H,1-2H2;. The van der Waals surface area contributed by atoms with Gasteiger partial charge in [0.1, 0.15) is 0 Å². The molecule has 0 unspecified atom stereocenters. The van der Waals surface area contributed by atoms with Crippen molar-refractivity contribution in [3.8, 4) is 0 Å². The maximum atomic E-state index is 10.4. The second-order valence-electron chi connectivity index (χ2n) is 2.64. The van der Waals surface area contributed by atoms with Crippen molar-refractivity contribution >= 4 is 41.5 Å². The van der Waals surface area contributed by atoms with Gasteiger partial charge in [-0.2, -0.15) is 0 Å². The van der Waals surface area contributed by atoms with Gasteiger partial charge in [-0.25, -0.2) is 9.59 Å². The molecule has 0 heterocycles. The molecule has 0 aromatic heterocycles. The first-order valence-corrected chi connectivity index (χ1v) is 4.31. The molecule has 0 saturated carbocycles. The largest absolute Gasteiger partial charge is 0.478 e. The second-order valence-corrected chi connectivity index (χ2v) is 2.64. The molecule has 4 N–H and O–H groups in total. The Morgan fingerprint density at radius 1 is 0.941 bits per heavy atom. The molecule has 7 heteroatoms. The minimum Gasteiger partial charge on any atom is -0.478 e. The summed E-state index contributed by atoms with van der Waals surface area (Å²) in [5, 5.41) is 32.2. The summed E-state index contributed by atoms with van der Waals surface area (Å²) in [6, 6.07) is 5.20. The summed E-state index contributed by atoms with van der Waals surface area (Å²) in [6.07, 6.45) is 0. The van der Waals surface area contributed by atoms with Crippen LogP contribution in [0.25, 0.3) is 0 Å². The SMILES string of the molecule is O=C(O)c1cccc(C(=O)O)c1.OCCO.[Na]. The van der Waals surface area contributed by atoms with Crippen LogP contribution in [0.15, 0.2) is 24.3 Å². The molecule has 0 fully saturated rings. The van der Waals surface area contributed by atoms with Crippen molar-refractivity contribution in [2.45, 2.75) is 0 Å². The zero-order valence-corrected chi connectivity index (χ0v) is 11.3. The summed E-state index contributed by atoms with van der Waals surface area (Å²) in [5.74, 6) is -2.25. The summed E-state index contributed by atoms with van der Waals surface area (Å²) in [5.41, 5.74) is -0.0372. The van der Waals surface area contributed by atoms with Crippen LogP contribution in [-0.4, -0.2) is 75.1 Å². The molecule has 0 bridgehead atoms. The number of carbonyl (C=O) groups is 2. The fourth-order valence-corrected chi connectivity index (χ4v) is 0.785. The Labute approximate surface area is 120 Å². The molecule has 0 aliphatic rings. The third-order valence-electron chi connectivity index (χ3n) is 1.46. The van der Waals surface area contributed by atoms with Crippen molar-refractivity contribution in [2.24, 2.45) is 0 Å². The molecule has 0 atom stereocenters. The molecule has 17 heavy (non-hydrogen) atoms. The van der Waals surface area contributed by atoms with Crippen LogP contribution in [0.3, 0.4) is 0 Å². The molecule has 0 aliphatic carbocycles. The first kappa shape index (κ1) is 18.4. The van der Waals surface area contributed by atoms with Gasteiger partial charge in [-0.05, 0) is 18.2 Å². The third kappa shape index (κ3) is 7.89. The number of aromatic carboxylic acids is 2. The number of carboxylic acids is 2. The van der Waals surface area contributed by atoms with E-state index >= 15 is 0 Å². The van der Waals surface area contributed by atoms with E-state index in [0.29, 0.717) is 0 Å². The quantitative estimate of drug-likeness (QED) is 0.547. The fourth-order valence-electron chi connectivity index (χ4n) is 0.785. The molecule has 1 aromatic carbocycles. The molecule has 0 amide bonds. The van der Waals surface area contributed by atoms with Crippen molar-refractivity contribution in [3.63, 3.8) is 0 Å². The van der Waals surface area contributed by atoms with Gasteiger partial charge in [-0.15, -0.1) is 0 Å². The first-order chi connectivity index (χ1) is 7.52. The van der Waals surface area contributed by atoms with E-state index in [1.54, 1.807) is 0 Å². The Kier molecular flexibility index (Phi) is 11.1. The normalized spacial score (nSPS) is 8.35. The Morgan fingerprint density at radius 2 is 1.29 bits per heavy atom. The topological polar surface area (TPSA) is 115 Å². The average Bonchev–Trinajstić information content (AvgIpc) is 2.29. The Balaban J connectivity index is 0. The molecule has 6 nitrogen and oxygen atoms in total. The summed E-state index contributed by atoms with van der Waals surface area (Å²) in [7, 11) is 0. The maximum Gasteiger partial charge on any atom is 0.335 e. The number of hydrogen-bond acceptors (Lipinski definition) is 4. The van der Waals surface area contributed by atoms with Crippen LogP contribution < -0.4 is 0 Å². The molecular weight excluding hydrogens is 239 g/mol. The number of hydrogen-bond donors (Lipinski definition) is 4. The van der Waals surface area contributed by atoms with Gasteiger partial charge < -0.3 is 20.4 Å². The van der Waals surface area contributed by atoms with E-state index in [1.165, 1.54) is 18.2 Å². The van der Waals surface area contributed by atoms with Gasteiger partial charge in [0.2, 0.25) is 0 Å². The van der Waals surface area contributed by atoms with E-state index in [1.807, 2.05) is 0 Å². The molecule has 1 radical (unpaired) electrons. The van der Waals surface area contributed by atoms with Gasteiger partial charge in [0.15, 0.2) is 0 Å². The number of aliphatic hydroxyl groups is 2. The zero-order valence-electron chi connectivity index (χ0n) is 9.33. The fraction of sp³-hybridized carbons (Fsp3) is 0.200. The van der Waals surface area contributed by atoms with Crippen molar-refractivity contribution in [1.82, 2.24) is 0 Å². The van der Waals surface area contributed by atoms with Crippen LogP contribution in [0, 0.1) is 0 Å². The van der Waals surface area contributed by atoms with Crippen LogP contribution in [-0.2, 0) is 0 Å². The number of rotatable bonds is 3. The van der Waals surface area contributed by atoms with E-state index in [4.69, 9.17) is 20.4 Å². The van der Waals surface area contributed by atoms with E-state index < -0.39 is 11.9 Å². The molecule has 0 aliphatic heterocycles. The summed E-state index contributed by atoms with van der Waals surface area (Å²) in [6.45, 7) is -0.250. The van der Waals surface area contributed by atoms with Crippen molar-refractivity contribution in [2.75, 3.05) is 13.2 Å². The number of benzene rings is 1. The summed E-state index contributed by atoms with van der Waals surface area (Å²) >= 11 is 0. The molecule has 0 saturated heterocycles. The smallest absolute Gasteiger partial charge is 0.335 e. The van der Waals surface area contributed by atoms with E-state index in [-0.39, 0.29) is 53.9 Å². The molecule has 1 aromatic rings. The van der Waals surface area contributed by atoms with Gasteiger partial charge in [-0.3, -0.25) is 0 Å². The van der Waals surface area contributed by atoms with Gasteiger partial charge in [0.05, 0.1) is 24.3 Å². The van der Waals surface area contributed by atoms with Crippen molar-refractivity contribution in [1.29, 1.82) is 0 Å². The number of aliphatic hydroxyl groups excluding tert-OH is 2. The van der Waals surface area contributed by atoms with Gasteiger partial charge in [-0.1, -0.05) is 6.07 Å². The second kappa shape index (κ2) is 10.2. The van der Waals surface area contributed by atoms with Gasteiger partial charge >= 0.3 is 11.9 Å². The predicted molar refractivity (Wildman–Crippen MR) is 60.3 cm³/mol. The van der Waals surface area contributed by atoms with Crippen molar-refractivity contribution in [3.05, 3.63) is 35.4 Å². The van der Waals surface area contributed by atoms with Gasteiger partial charge in [0.25, 0.3) is 0 Å². The Hall–Kier alpha value is -0.920. The monoisotopic (exact) mass is 251 g/mol. The predicted octanol–water partition coefficient (Wildman–Crippen LogP) is -0.327. The molecular formula is C10H12NaO6. The van der Waals surface area contributed by atoms with E-state index in [9.17, 15) is 9.59 Å². The van der Waals surface area contributed by atoms with Gasteiger partial charge in [0, 0.05) is 29.6 Å². The molecule has 0 spiro atoms. The first-order valence-electron chi connectivity index (χ1n) is 4.31. The van der Waals surface area contributed by atoms with Crippen LogP contribution in [0.5, 0.6) is 0 Å². The average molecular weight is 251 g/mol. The van der Waals surface area contributed by atoms with Crippen LogP contribution in [0.2, 0.25) is 0 Å². The zero-order chi connectivity index (χ0) is 12.6. The van der Waals surface area contributed by atoms with E-state index in [0.717, 1.165) is 6.07 Å². The Bertz CT molecular complexity index is 334. The summed E-state index contributed by atoms with van der Waals surface area (Å²) in [4.78, 5) is 20.8. The maximum absolute atomic E-state index is 10.4. The Morgan fingerprint density at radius 3 is 1.53 bits per heavy atom. The molecule has 1 rings (SSSR count). The summed E-state index contributed by atoms with van der Waals surface area (Å²) < 4.78 is 0. The van der Waals surface area contributed by atoms with Crippen LogP contribution in [0.1, 0.15) is 20.7 Å².